The maximum atomic E-state index is 10.3. The molecule has 0 saturated heterocycles. The van der Waals surface area contributed by atoms with Crippen molar-refractivity contribution in [3.05, 3.63) is 41.5 Å². The number of aliphatic carboxylic acids is 1. The molecule has 1 N–H and O–H groups in total. The Balaban J connectivity index is 2.68. The fourth-order valence-corrected chi connectivity index (χ4v) is 1.27. The van der Waals surface area contributed by atoms with Gasteiger partial charge in [-0.2, -0.15) is 0 Å². The summed E-state index contributed by atoms with van der Waals surface area (Å²) in [5, 5.41) is 8.45. The number of benzene rings is 1. The van der Waals surface area contributed by atoms with Crippen molar-refractivity contribution in [1.82, 2.24) is 4.90 Å². The number of hydrogen-bond donors (Lipinski definition) is 1. The SMILES string of the molecule is CN(C)Cc1ccc(C=CC(=O)O)cc1. The molecule has 1 aromatic rings. The van der Waals surface area contributed by atoms with Crippen LogP contribution in [-0.2, 0) is 11.3 Å². The maximum absolute atomic E-state index is 10.3. The van der Waals surface area contributed by atoms with E-state index in [4.69, 9.17) is 5.11 Å². The Hall–Kier alpha value is -1.61. The molecule has 0 aromatic heterocycles. The number of carbonyl (C=O) groups is 1. The molecule has 0 saturated carbocycles. The van der Waals surface area contributed by atoms with Crippen molar-refractivity contribution in [2.24, 2.45) is 0 Å². The third kappa shape index (κ3) is 4.42. The Labute approximate surface area is 89.6 Å². The quantitative estimate of drug-likeness (QED) is 0.762. The van der Waals surface area contributed by atoms with Gasteiger partial charge in [0.1, 0.15) is 0 Å². The number of hydrogen-bond acceptors (Lipinski definition) is 2. The summed E-state index contributed by atoms with van der Waals surface area (Å²) in [5.74, 6) is -0.924. The second-order valence-corrected chi connectivity index (χ2v) is 3.65. The fraction of sp³-hybridized carbons (Fsp3) is 0.250. The molecule has 1 rings (SSSR count). The van der Waals surface area contributed by atoms with Crippen molar-refractivity contribution in [1.29, 1.82) is 0 Å². The average Bonchev–Trinajstić information content (AvgIpc) is 2.16. The van der Waals surface area contributed by atoms with Gasteiger partial charge in [-0.15, -0.1) is 0 Å². The summed E-state index contributed by atoms with van der Waals surface area (Å²) in [6.07, 6.45) is 2.72. The molecule has 0 radical (unpaired) electrons. The highest BCUT2D eigenvalue weighted by atomic mass is 16.4. The van der Waals surface area contributed by atoms with E-state index in [2.05, 4.69) is 4.90 Å². The molecule has 3 heteroatoms. The Morgan fingerprint density at radius 1 is 1.33 bits per heavy atom. The van der Waals surface area contributed by atoms with Crippen LogP contribution in [0.15, 0.2) is 30.3 Å². The van der Waals surface area contributed by atoms with Gasteiger partial charge in [-0.05, 0) is 31.3 Å². The third-order valence-corrected chi connectivity index (χ3v) is 1.90. The van der Waals surface area contributed by atoms with Gasteiger partial charge in [-0.25, -0.2) is 4.79 Å². The smallest absolute Gasteiger partial charge is 0.328 e. The largest absolute Gasteiger partial charge is 0.478 e. The predicted molar refractivity (Wildman–Crippen MR) is 60.5 cm³/mol. The van der Waals surface area contributed by atoms with E-state index in [0.717, 1.165) is 18.2 Å². The van der Waals surface area contributed by atoms with Crippen molar-refractivity contribution >= 4 is 12.0 Å². The minimum Gasteiger partial charge on any atom is -0.478 e. The summed E-state index contributed by atoms with van der Waals surface area (Å²) >= 11 is 0. The fourth-order valence-electron chi connectivity index (χ4n) is 1.27. The Morgan fingerprint density at radius 3 is 2.40 bits per heavy atom. The van der Waals surface area contributed by atoms with Crippen LogP contribution in [0.5, 0.6) is 0 Å². The van der Waals surface area contributed by atoms with E-state index in [1.807, 2.05) is 38.4 Å². The molecular formula is C12H15NO2. The van der Waals surface area contributed by atoms with Crippen LogP contribution in [0.2, 0.25) is 0 Å². The summed E-state index contributed by atoms with van der Waals surface area (Å²) in [5.41, 5.74) is 2.12. The first kappa shape index (κ1) is 11.5. The highest BCUT2D eigenvalue weighted by Gasteiger charge is 1.94. The van der Waals surface area contributed by atoms with Crippen LogP contribution in [0.3, 0.4) is 0 Å². The summed E-state index contributed by atoms with van der Waals surface area (Å²) in [6.45, 7) is 0.892. The molecule has 0 atom stereocenters. The van der Waals surface area contributed by atoms with E-state index < -0.39 is 5.97 Å². The molecule has 0 spiro atoms. The summed E-state index contributed by atoms with van der Waals surface area (Å²) in [7, 11) is 4.02. The zero-order valence-electron chi connectivity index (χ0n) is 8.97. The summed E-state index contributed by atoms with van der Waals surface area (Å²) < 4.78 is 0. The first-order chi connectivity index (χ1) is 7.08. The van der Waals surface area contributed by atoms with Crippen molar-refractivity contribution in [3.63, 3.8) is 0 Å². The van der Waals surface area contributed by atoms with Crippen LogP contribution in [0.4, 0.5) is 0 Å². The molecule has 0 amide bonds. The molecule has 0 heterocycles. The van der Waals surface area contributed by atoms with Gasteiger partial charge in [0.25, 0.3) is 0 Å². The first-order valence-electron chi connectivity index (χ1n) is 4.72. The van der Waals surface area contributed by atoms with Crippen LogP contribution >= 0.6 is 0 Å². The van der Waals surface area contributed by atoms with Gasteiger partial charge in [0.2, 0.25) is 0 Å². The number of carboxylic acids is 1. The zero-order valence-corrected chi connectivity index (χ0v) is 8.97. The Bertz CT molecular complexity index is 352. The molecule has 0 aliphatic heterocycles. The van der Waals surface area contributed by atoms with Gasteiger partial charge in [0.15, 0.2) is 0 Å². The van der Waals surface area contributed by atoms with Crippen molar-refractivity contribution in [2.45, 2.75) is 6.54 Å². The van der Waals surface area contributed by atoms with Gasteiger partial charge < -0.3 is 10.0 Å². The summed E-state index contributed by atoms with van der Waals surface area (Å²) in [6, 6.07) is 7.83. The van der Waals surface area contributed by atoms with Gasteiger partial charge in [-0.3, -0.25) is 0 Å². The minimum absolute atomic E-state index is 0.892. The number of nitrogens with zero attached hydrogens (tertiary/aromatic N) is 1. The van der Waals surface area contributed by atoms with Gasteiger partial charge in [-0.1, -0.05) is 24.3 Å². The highest BCUT2D eigenvalue weighted by molar-refractivity contribution is 5.85. The van der Waals surface area contributed by atoms with Crippen molar-refractivity contribution in [3.8, 4) is 0 Å². The molecule has 0 aliphatic carbocycles. The molecule has 0 unspecified atom stereocenters. The van der Waals surface area contributed by atoms with Crippen LogP contribution in [0, 0.1) is 0 Å². The lowest BCUT2D eigenvalue weighted by atomic mass is 10.1. The molecule has 80 valence electrons. The average molecular weight is 205 g/mol. The van der Waals surface area contributed by atoms with Crippen LogP contribution in [-0.4, -0.2) is 30.1 Å². The van der Waals surface area contributed by atoms with Crippen LogP contribution in [0.1, 0.15) is 11.1 Å². The summed E-state index contributed by atoms with van der Waals surface area (Å²) in [4.78, 5) is 12.4. The van der Waals surface area contributed by atoms with Gasteiger partial charge in [0.05, 0.1) is 0 Å². The Morgan fingerprint density at radius 2 is 1.93 bits per heavy atom. The molecule has 0 aliphatic rings. The second kappa shape index (κ2) is 5.32. The van der Waals surface area contributed by atoms with E-state index >= 15 is 0 Å². The molecular weight excluding hydrogens is 190 g/mol. The number of rotatable bonds is 4. The maximum Gasteiger partial charge on any atom is 0.328 e. The normalized spacial score (nSPS) is 11.1. The van der Waals surface area contributed by atoms with Crippen LogP contribution in [0.25, 0.3) is 6.08 Å². The topological polar surface area (TPSA) is 40.5 Å². The molecule has 0 fully saturated rings. The second-order valence-electron chi connectivity index (χ2n) is 3.65. The molecule has 1 aromatic carbocycles. The van der Waals surface area contributed by atoms with Gasteiger partial charge in [0, 0.05) is 12.6 Å². The van der Waals surface area contributed by atoms with E-state index in [9.17, 15) is 4.79 Å². The minimum atomic E-state index is -0.924. The third-order valence-electron chi connectivity index (χ3n) is 1.90. The van der Waals surface area contributed by atoms with Crippen molar-refractivity contribution < 1.29 is 9.90 Å². The van der Waals surface area contributed by atoms with Crippen LogP contribution < -0.4 is 0 Å². The molecule has 3 nitrogen and oxygen atoms in total. The molecule has 0 bridgehead atoms. The number of carboxylic acid groups (broad SMARTS) is 1. The van der Waals surface area contributed by atoms with E-state index in [-0.39, 0.29) is 0 Å². The molecule has 15 heavy (non-hydrogen) atoms. The van der Waals surface area contributed by atoms with E-state index in [0.29, 0.717) is 0 Å². The lowest BCUT2D eigenvalue weighted by Crippen LogP contribution is -2.10. The van der Waals surface area contributed by atoms with E-state index in [1.54, 1.807) is 6.08 Å². The Kier molecular flexibility index (Phi) is 4.06. The van der Waals surface area contributed by atoms with Crippen molar-refractivity contribution in [2.75, 3.05) is 14.1 Å². The van der Waals surface area contributed by atoms with E-state index in [1.165, 1.54) is 5.56 Å². The monoisotopic (exact) mass is 205 g/mol. The standard InChI is InChI=1S/C12H15NO2/c1-13(2)9-11-5-3-10(4-6-11)7-8-12(14)15/h3-8H,9H2,1-2H3,(H,14,15). The predicted octanol–water partition coefficient (Wildman–Crippen LogP) is 1.85. The first-order valence-corrected chi connectivity index (χ1v) is 4.72. The zero-order chi connectivity index (χ0) is 11.3. The lowest BCUT2D eigenvalue weighted by molar-refractivity contribution is -0.131. The highest BCUT2D eigenvalue weighted by Crippen LogP contribution is 2.07. The van der Waals surface area contributed by atoms with Gasteiger partial charge >= 0.3 is 5.97 Å². The lowest BCUT2D eigenvalue weighted by Gasteiger charge is -2.09.